The summed E-state index contributed by atoms with van der Waals surface area (Å²) in [7, 11) is 0. The number of carbonyl (C=O) groups excluding carboxylic acids is 2. The third-order valence-electron chi connectivity index (χ3n) is 9.18. The van der Waals surface area contributed by atoms with Gasteiger partial charge in [0.15, 0.2) is 11.6 Å². The summed E-state index contributed by atoms with van der Waals surface area (Å²) in [6.07, 6.45) is -0.397. The van der Waals surface area contributed by atoms with Crippen molar-refractivity contribution in [3.8, 4) is 0 Å². The summed E-state index contributed by atoms with van der Waals surface area (Å²) in [4.78, 5) is 24.5. The van der Waals surface area contributed by atoms with E-state index in [9.17, 15) is 30.0 Å². The number of hydrogen-bond acceptors (Lipinski definition) is 6. The van der Waals surface area contributed by atoms with Crippen molar-refractivity contribution in [2.75, 3.05) is 6.61 Å². The lowest BCUT2D eigenvalue weighted by atomic mass is 9.43. The minimum absolute atomic E-state index is 0.0367. The van der Waals surface area contributed by atoms with Crippen LogP contribution in [0.5, 0.6) is 0 Å². The average Bonchev–Trinajstić information content (AvgIpc) is 2.81. The van der Waals surface area contributed by atoms with Gasteiger partial charge in [-0.25, -0.2) is 4.39 Å². The van der Waals surface area contributed by atoms with Gasteiger partial charge in [0, 0.05) is 11.8 Å². The van der Waals surface area contributed by atoms with Gasteiger partial charge in [0.2, 0.25) is 0 Å². The van der Waals surface area contributed by atoms with Crippen molar-refractivity contribution in [3.63, 3.8) is 0 Å². The second-order valence-electron chi connectivity index (χ2n) is 10.3. The van der Waals surface area contributed by atoms with Gasteiger partial charge in [-0.3, -0.25) is 9.59 Å². The third kappa shape index (κ3) is 2.30. The molecule has 4 rings (SSSR count). The number of aliphatic hydroxyl groups excluding tert-OH is 2. The molecule has 0 amide bonds. The fourth-order valence-electron chi connectivity index (χ4n) is 7.73. The number of fused-ring (bicyclic) bond motifs is 5. The first kappa shape index (κ1) is 21.1. The van der Waals surface area contributed by atoms with Crippen molar-refractivity contribution in [3.05, 3.63) is 11.6 Å². The summed E-state index contributed by atoms with van der Waals surface area (Å²) in [6, 6.07) is 0. The zero-order valence-electron chi connectivity index (χ0n) is 17.2. The highest BCUT2D eigenvalue weighted by Gasteiger charge is 2.77. The molecule has 0 bridgehead atoms. The Labute approximate surface area is 169 Å². The van der Waals surface area contributed by atoms with E-state index in [0.29, 0.717) is 12.0 Å². The maximum Gasteiger partial charge on any atom is 0.190 e. The lowest BCUT2D eigenvalue weighted by molar-refractivity contribution is -0.248. The maximum atomic E-state index is 15.3. The van der Waals surface area contributed by atoms with Crippen molar-refractivity contribution in [2.45, 2.75) is 76.4 Å². The van der Waals surface area contributed by atoms with Crippen LogP contribution in [0, 0.1) is 28.6 Å². The van der Waals surface area contributed by atoms with Crippen LogP contribution in [-0.4, -0.2) is 62.1 Å². The first-order valence-corrected chi connectivity index (χ1v) is 10.5. The lowest BCUT2D eigenvalue weighted by Crippen LogP contribution is -2.70. The zero-order valence-corrected chi connectivity index (χ0v) is 17.2. The smallest absolute Gasteiger partial charge is 0.190 e. The van der Waals surface area contributed by atoms with E-state index < -0.39 is 64.5 Å². The predicted molar refractivity (Wildman–Crippen MR) is 101 cm³/mol. The second kappa shape index (κ2) is 6.19. The standard InChI is InChI=1S/C22H31FO6/c1-11-8-21(28)14-7-15(23)13-6-12(25)4-5-19(13,2)18(14)16(26)9-20(21,3)22(11,29)17(27)10-24/h6,11,14-16,18,24,26,28-29H,4-5,7-10H2,1-3H3/t11-,14+,15-,16+,18+,19-,20-,21+,22+/m0/s1. The van der Waals surface area contributed by atoms with Crippen molar-refractivity contribution < 1.29 is 34.4 Å². The van der Waals surface area contributed by atoms with E-state index >= 15 is 4.39 Å². The highest BCUT2D eigenvalue weighted by molar-refractivity contribution is 5.92. The topological polar surface area (TPSA) is 115 Å². The molecule has 0 saturated heterocycles. The van der Waals surface area contributed by atoms with Crippen LogP contribution >= 0.6 is 0 Å². The summed E-state index contributed by atoms with van der Waals surface area (Å²) in [5, 5.41) is 44.1. The Kier molecular flexibility index (Phi) is 4.50. The van der Waals surface area contributed by atoms with Crippen molar-refractivity contribution >= 4 is 11.6 Å². The first-order valence-electron chi connectivity index (χ1n) is 10.5. The third-order valence-corrected chi connectivity index (χ3v) is 9.18. The Morgan fingerprint density at radius 2 is 1.93 bits per heavy atom. The van der Waals surface area contributed by atoms with Crippen molar-refractivity contribution in [1.29, 1.82) is 0 Å². The fourth-order valence-corrected chi connectivity index (χ4v) is 7.73. The molecule has 0 aromatic rings. The molecule has 0 aromatic carbocycles. The van der Waals surface area contributed by atoms with Crippen LogP contribution in [0.15, 0.2) is 11.6 Å². The fraction of sp³-hybridized carbons (Fsp3) is 0.818. The van der Waals surface area contributed by atoms with Gasteiger partial charge in [0.05, 0.1) is 11.7 Å². The molecule has 162 valence electrons. The van der Waals surface area contributed by atoms with Crippen molar-refractivity contribution in [1.82, 2.24) is 0 Å². The normalized spacial score (nSPS) is 54.3. The van der Waals surface area contributed by atoms with E-state index in [2.05, 4.69) is 0 Å². The number of carbonyl (C=O) groups is 2. The molecule has 6 nitrogen and oxygen atoms in total. The molecule has 0 unspecified atom stereocenters. The number of alkyl halides is 1. The maximum absolute atomic E-state index is 15.3. The van der Waals surface area contributed by atoms with E-state index in [-0.39, 0.29) is 31.5 Å². The molecule has 4 aliphatic rings. The molecule has 4 aliphatic carbocycles. The van der Waals surface area contributed by atoms with E-state index in [1.807, 2.05) is 6.92 Å². The van der Waals surface area contributed by atoms with Crippen LogP contribution in [0.4, 0.5) is 4.39 Å². The van der Waals surface area contributed by atoms with Crippen LogP contribution in [0.3, 0.4) is 0 Å². The van der Waals surface area contributed by atoms with Crippen LogP contribution < -0.4 is 0 Å². The first-order chi connectivity index (χ1) is 13.4. The number of rotatable bonds is 2. The number of Topliss-reactive ketones (excluding diaryl/α,β-unsaturated/α-hetero) is 1. The number of hydrogen-bond donors (Lipinski definition) is 4. The molecule has 3 fully saturated rings. The summed E-state index contributed by atoms with van der Waals surface area (Å²) in [5.74, 6) is -2.71. The number of aliphatic hydroxyl groups is 4. The van der Waals surface area contributed by atoms with Crippen LogP contribution in [0.2, 0.25) is 0 Å². The molecule has 4 N–H and O–H groups in total. The monoisotopic (exact) mass is 410 g/mol. The summed E-state index contributed by atoms with van der Waals surface area (Å²) in [5.41, 5.74) is -5.36. The average molecular weight is 410 g/mol. The molecule has 9 atom stereocenters. The summed E-state index contributed by atoms with van der Waals surface area (Å²) in [6.45, 7) is 4.22. The molecule has 29 heavy (non-hydrogen) atoms. The molecule has 0 heterocycles. The molecule has 0 aliphatic heterocycles. The number of halogens is 1. The molecule has 0 radical (unpaired) electrons. The van der Waals surface area contributed by atoms with Gasteiger partial charge in [0.25, 0.3) is 0 Å². The minimum atomic E-state index is -2.01. The van der Waals surface area contributed by atoms with Crippen LogP contribution in [0.1, 0.15) is 52.9 Å². The van der Waals surface area contributed by atoms with Gasteiger partial charge < -0.3 is 20.4 Å². The molecular weight excluding hydrogens is 379 g/mol. The Morgan fingerprint density at radius 3 is 2.55 bits per heavy atom. The minimum Gasteiger partial charge on any atom is -0.393 e. The van der Waals surface area contributed by atoms with Crippen LogP contribution in [-0.2, 0) is 9.59 Å². The van der Waals surface area contributed by atoms with Gasteiger partial charge in [0.1, 0.15) is 18.4 Å². The Bertz CT molecular complexity index is 796. The Hall–Kier alpha value is -1.15. The number of ketones is 2. The Balaban J connectivity index is 1.86. The quantitative estimate of drug-likeness (QED) is 0.542. The second-order valence-corrected chi connectivity index (χ2v) is 10.3. The number of allylic oxidation sites excluding steroid dienone is 1. The molecule has 0 spiro atoms. The molecular formula is C22H31FO6. The van der Waals surface area contributed by atoms with Crippen molar-refractivity contribution in [2.24, 2.45) is 28.6 Å². The van der Waals surface area contributed by atoms with E-state index in [1.54, 1.807) is 13.8 Å². The van der Waals surface area contributed by atoms with E-state index in [0.717, 1.165) is 0 Å². The molecule has 7 heteroatoms. The molecule has 3 saturated carbocycles. The SMILES string of the molecule is C[C@H]1C[C@@]2(O)[C@@H]3C[C@H](F)C4=CC(=O)CC[C@]4(C)[C@H]3[C@H](O)C[C@]2(C)[C@]1(O)C(=O)CO. The lowest BCUT2D eigenvalue weighted by Gasteiger charge is -2.63. The van der Waals surface area contributed by atoms with Crippen LogP contribution in [0.25, 0.3) is 0 Å². The van der Waals surface area contributed by atoms with Gasteiger partial charge >= 0.3 is 0 Å². The largest absolute Gasteiger partial charge is 0.393 e. The summed E-state index contributed by atoms with van der Waals surface area (Å²) < 4.78 is 15.3. The van der Waals surface area contributed by atoms with E-state index in [4.69, 9.17) is 0 Å². The molecule has 0 aromatic heterocycles. The van der Waals surface area contributed by atoms with Gasteiger partial charge in [-0.2, -0.15) is 0 Å². The highest BCUT2D eigenvalue weighted by Crippen LogP contribution is 2.70. The Morgan fingerprint density at radius 1 is 1.28 bits per heavy atom. The van der Waals surface area contributed by atoms with Gasteiger partial charge in [-0.15, -0.1) is 0 Å². The van der Waals surface area contributed by atoms with Gasteiger partial charge in [-0.1, -0.05) is 20.8 Å². The highest BCUT2D eigenvalue weighted by atomic mass is 19.1. The van der Waals surface area contributed by atoms with E-state index in [1.165, 1.54) is 6.08 Å². The predicted octanol–water partition coefficient (Wildman–Crippen LogP) is 1.09. The van der Waals surface area contributed by atoms with Gasteiger partial charge in [-0.05, 0) is 60.5 Å². The zero-order chi connectivity index (χ0) is 21.6. The summed E-state index contributed by atoms with van der Waals surface area (Å²) >= 11 is 0.